The van der Waals surface area contributed by atoms with Crippen LogP contribution in [0.4, 0.5) is 0 Å². The summed E-state index contributed by atoms with van der Waals surface area (Å²) in [5.41, 5.74) is 0. The summed E-state index contributed by atoms with van der Waals surface area (Å²) in [5, 5.41) is 13.9. The van der Waals surface area contributed by atoms with Crippen LogP contribution in [0.3, 0.4) is 0 Å². The van der Waals surface area contributed by atoms with E-state index in [1.165, 1.54) is 263 Å². The van der Waals surface area contributed by atoms with Crippen molar-refractivity contribution in [3.05, 3.63) is 60.8 Å². The molecule has 8 nitrogen and oxygen atoms in total. The van der Waals surface area contributed by atoms with Gasteiger partial charge in [-0.25, -0.2) is 0 Å². The zero-order chi connectivity index (χ0) is 58.4. The Morgan fingerprint density at radius 2 is 0.738 bits per heavy atom. The number of hydrogen-bond donors (Lipinski definition) is 2. The molecule has 0 aliphatic heterocycles. The van der Waals surface area contributed by atoms with E-state index >= 15 is 0 Å². The SMILES string of the molecule is CCCCCCC/C=C\C/C=C\C/C=C\CCCCCCCCCCCCCCCCCCCCCCC(=O)NC(COP(=O)([O-])OCC[N+](C)(C)C)C(O)/C=C/CC/C=C/CCCCCCCCCCCCCCCCCCC. The molecule has 0 radical (unpaired) electrons. The molecule has 0 aliphatic carbocycles. The van der Waals surface area contributed by atoms with E-state index in [0.717, 1.165) is 51.4 Å². The maximum absolute atomic E-state index is 13.0. The molecule has 3 unspecified atom stereocenters. The van der Waals surface area contributed by atoms with Gasteiger partial charge in [0.05, 0.1) is 39.9 Å². The Labute approximate surface area is 498 Å². The minimum atomic E-state index is -4.61. The molecule has 0 heterocycles. The van der Waals surface area contributed by atoms with Gasteiger partial charge in [-0.15, -0.1) is 0 Å². The normalized spacial score (nSPS) is 14.0. The van der Waals surface area contributed by atoms with Gasteiger partial charge in [0.2, 0.25) is 5.91 Å². The number of phosphoric ester groups is 1. The maximum Gasteiger partial charge on any atom is 0.268 e. The van der Waals surface area contributed by atoms with Crippen LogP contribution in [0.2, 0.25) is 0 Å². The Morgan fingerprint density at radius 1 is 0.438 bits per heavy atom. The molecule has 0 rings (SSSR count). The summed E-state index contributed by atoms with van der Waals surface area (Å²) in [6.07, 6.45) is 84.9. The second kappa shape index (κ2) is 61.8. The van der Waals surface area contributed by atoms with Crippen molar-refractivity contribution in [3.8, 4) is 0 Å². The van der Waals surface area contributed by atoms with E-state index in [0.29, 0.717) is 17.4 Å². The molecule has 2 N–H and O–H groups in total. The highest BCUT2D eigenvalue weighted by Gasteiger charge is 2.23. The lowest BCUT2D eigenvalue weighted by Gasteiger charge is -2.29. The number of carbonyl (C=O) groups is 1. The van der Waals surface area contributed by atoms with Crippen molar-refractivity contribution in [1.29, 1.82) is 0 Å². The number of likely N-dealkylation sites (N-methyl/N-ethyl adjacent to an activating group) is 1. The minimum Gasteiger partial charge on any atom is -0.756 e. The highest BCUT2D eigenvalue weighted by atomic mass is 31.2. The number of quaternary nitrogens is 1. The van der Waals surface area contributed by atoms with Crippen LogP contribution in [0.1, 0.15) is 335 Å². The quantitative estimate of drug-likeness (QED) is 0.0272. The van der Waals surface area contributed by atoms with E-state index in [2.05, 4.69) is 67.8 Å². The number of carbonyl (C=O) groups excluding carboxylic acids is 1. The monoisotopic (exact) mass is 1140 g/mol. The fourth-order valence-corrected chi connectivity index (χ4v) is 11.0. The van der Waals surface area contributed by atoms with Gasteiger partial charge in [-0.3, -0.25) is 9.36 Å². The minimum absolute atomic E-state index is 0.00600. The van der Waals surface area contributed by atoms with Crippen molar-refractivity contribution in [2.45, 2.75) is 347 Å². The fraction of sp³-hybridized carbons (Fsp3) is 0.845. The number of allylic oxidation sites excluding steroid dienone is 9. The van der Waals surface area contributed by atoms with Gasteiger partial charge in [0.1, 0.15) is 13.2 Å². The standard InChI is InChI=1S/C71H135N2O6P/c1-6-8-10-12-14-16-18-20-22-24-26-28-30-31-32-33-34-35-36-37-38-39-40-41-43-45-47-49-51-53-55-57-59-61-63-65-71(75)72-69(68-79-80(76,77)78-67-66-73(3,4)5)70(74)64-62-60-58-56-54-52-50-48-46-44-42-29-27-25-23-21-19-17-15-13-11-9-7-2/h18,20,24,26,30-31,54,56,62,64,69-70,74H,6-17,19,21-23,25,27-29,32-53,55,57-61,63,65-68H2,1-5H3,(H-,72,75,76,77)/b20-18-,26-24-,31-30-,56-54+,64-62+. The summed E-state index contributed by atoms with van der Waals surface area (Å²) < 4.78 is 23.4. The van der Waals surface area contributed by atoms with Crippen LogP contribution in [-0.2, 0) is 18.4 Å². The molecule has 80 heavy (non-hydrogen) atoms. The molecule has 3 atom stereocenters. The van der Waals surface area contributed by atoms with Gasteiger partial charge in [-0.05, 0) is 70.6 Å². The van der Waals surface area contributed by atoms with Crippen molar-refractivity contribution in [1.82, 2.24) is 5.32 Å². The smallest absolute Gasteiger partial charge is 0.268 e. The van der Waals surface area contributed by atoms with E-state index in [9.17, 15) is 19.4 Å². The molecule has 0 bridgehead atoms. The molecule has 0 fully saturated rings. The van der Waals surface area contributed by atoms with Crippen molar-refractivity contribution in [2.24, 2.45) is 0 Å². The molecule has 0 aromatic heterocycles. The summed E-state index contributed by atoms with van der Waals surface area (Å²) in [4.78, 5) is 25.6. The number of rotatable bonds is 64. The van der Waals surface area contributed by atoms with Gasteiger partial charge < -0.3 is 28.8 Å². The highest BCUT2D eigenvalue weighted by molar-refractivity contribution is 7.45. The second-order valence-corrected chi connectivity index (χ2v) is 26.3. The number of amides is 1. The first-order valence-corrected chi connectivity index (χ1v) is 36.1. The first-order chi connectivity index (χ1) is 39.0. The first-order valence-electron chi connectivity index (χ1n) is 34.7. The molecule has 1 amide bonds. The van der Waals surface area contributed by atoms with Gasteiger partial charge in [0.25, 0.3) is 7.82 Å². The van der Waals surface area contributed by atoms with Gasteiger partial charge in [0.15, 0.2) is 0 Å². The fourth-order valence-electron chi connectivity index (χ4n) is 10.3. The Bertz CT molecular complexity index is 1490. The number of nitrogens with one attached hydrogen (secondary N) is 1. The molecule has 0 aromatic carbocycles. The average molecular weight is 1140 g/mol. The van der Waals surface area contributed by atoms with Crippen LogP contribution in [0.15, 0.2) is 60.8 Å². The molecule has 0 spiro atoms. The molecular weight excluding hydrogens is 1010 g/mol. The van der Waals surface area contributed by atoms with E-state index in [1.54, 1.807) is 6.08 Å². The van der Waals surface area contributed by atoms with E-state index in [1.807, 2.05) is 27.2 Å². The van der Waals surface area contributed by atoms with Crippen LogP contribution < -0.4 is 10.2 Å². The van der Waals surface area contributed by atoms with Crippen molar-refractivity contribution in [2.75, 3.05) is 40.9 Å². The molecule has 0 saturated heterocycles. The Balaban J connectivity index is 4.05. The summed E-state index contributed by atoms with van der Waals surface area (Å²) in [7, 11) is 1.25. The van der Waals surface area contributed by atoms with E-state index < -0.39 is 26.6 Å². The molecule has 0 aromatic rings. The zero-order valence-corrected chi connectivity index (χ0v) is 54.7. The Hall–Kier alpha value is -1.80. The zero-order valence-electron chi connectivity index (χ0n) is 53.8. The predicted molar refractivity (Wildman–Crippen MR) is 348 cm³/mol. The molecule has 9 heteroatoms. The van der Waals surface area contributed by atoms with Crippen molar-refractivity contribution >= 4 is 13.7 Å². The predicted octanol–water partition coefficient (Wildman–Crippen LogP) is 21.4. The van der Waals surface area contributed by atoms with Crippen LogP contribution in [0, 0.1) is 0 Å². The topological polar surface area (TPSA) is 108 Å². The maximum atomic E-state index is 13.0. The number of unbranched alkanes of at least 4 members (excludes halogenated alkanes) is 43. The van der Waals surface area contributed by atoms with Gasteiger partial charge in [-0.1, -0.05) is 319 Å². The van der Waals surface area contributed by atoms with Crippen LogP contribution in [0.5, 0.6) is 0 Å². The van der Waals surface area contributed by atoms with Crippen LogP contribution >= 0.6 is 7.82 Å². The third-order valence-corrected chi connectivity index (χ3v) is 16.7. The lowest BCUT2D eigenvalue weighted by molar-refractivity contribution is -0.870. The van der Waals surface area contributed by atoms with Crippen LogP contribution in [0.25, 0.3) is 0 Å². The lowest BCUT2D eigenvalue weighted by Crippen LogP contribution is -2.45. The van der Waals surface area contributed by atoms with Gasteiger partial charge in [0, 0.05) is 6.42 Å². The van der Waals surface area contributed by atoms with Crippen LogP contribution in [-0.4, -0.2) is 68.5 Å². The number of nitrogens with zero attached hydrogens (tertiary/aromatic N) is 1. The average Bonchev–Trinajstić information content (AvgIpc) is 3.42. The number of phosphoric acid groups is 1. The highest BCUT2D eigenvalue weighted by Crippen LogP contribution is 2.38. The van der Waals surface area contributed by atoms with Gasteiger partial charge >= 0.3 is 0 Å². The summed E-state index contributed by atoms with van der Waals surface area (Å²) >= 11 is 0. The largest absolute Gasteiger partial charge is 0.756 e. The van der Waals surface area contributed by atoms with E-state index in [4.69, 9.17) is 9.05 Å². The summed E-state index contributed by atoms with van der Waals surface area (Å²) in [6, 6.07) is -0.905. The third-order valence-electron chi connectivity index (χ3n) is 15.7. The third kappa shape index (κ3) is 63.8. The Kier molecular flexibility index (Phi) is 60.4. The molecule has 470 valence electrons. The van der Waals surface area contributed by atoms with E-state index in [-0.39, 0.29) is 12.5 Å². The van der Waals surface area contributed by atoms with Crippen molar-refractivity contribution < 1.29 is 32.9 Å². The second-order valence-electron chi connectivity index (χ2n) is 24.9. The Morgan fingerprint density at radius 3 is 1.10 bits per heavy atom. The van der Waals surface area contributed by atoms with Gasteiger partial charge in [-0.2, -0.15) is 0 Å². The lowest BCUT2D eigenvalue weighted by atomic mass is 10.0. The number of hydrogen-bond acceptors (Lipinski definition) is 6. The molecule has 0 saturated carbocycles. The number of aliphatic hydroxyl groups excluding tert-OH is 1. The van der Waals surface area contributed by atoms with Crippen molar-refractivity contribution in [3.63, 3.8) is 0 Å². The molecular formula is C71H135N2O6P. The number of aliphatic hydroxyl groups is 1. The summed E-state index contributed by atoms with van der Waals surface area (Å²) in [5.74, 6) is -0.202. The first kappa shape index (κ1) is 78.2. The summed E-state index contributed by atoms with van der Waals surface area (Å²) in [6.45, 7) is 4.66. The molecule has 0 aliphatic rings.